The number of hydrogen-bond donors (Lipinski definition) is 1. The Labute approximate surface area is 92.5 Å². The van der Waals surface area contributed by atoms with E-state index in [4.69, 9.17) is 5.11 Å². The summed E-state index contributed by atoms with van der Waals surface area (Å²) in [6, 6.07) is 8.64. The summed E-state index contributed by atoms with van der Waals surface area (Å²) >= 11 is 0. The number of nitrogens with zero attached hydrogens (tertiary/aromatic N) is 1. The average molecular weight is 207 g/mol. The Morgan fingerprint density at radius 2 is 2.07 bits per heavy atom. The molecule has 0 bridgehead atoms. The van der Waals surface area contributed by atoms with E-state index in [1.807, 2.05) is 0 Å². The summed E-state index contributed by atoms with van der Waals surface area (Å²) in [7, 11) is 2.10. The highest BCUT2D eigenvalue weighted by Gasteiger charge is 1.99. The van der Waals surface area contributed by atoms with Gasteiger partial charge in [-0.1, -0.05) is 29.8 Å². The molecule has 1 aromatic carbocycles. The van der Waals surface area contributed by atoms with Gasteiger partial charge >= 0.3 is 0 Å². The summed E-state index contributed by atoms with van der Waals surface area (Å²) in [4.78, 5) is 2.26. The molecule has 15 heavy (non-hydrogen) atoms. The van der Waals surface area contributed by atoms with E-state index in [-0.39, 0.29) is 6.61 Å². The number of likely N-dealkylation sites (N-methyl/N-ethyl adjacent to an activating group) is 1. The van der Waals surface area contributed by atoms with Crippen LogP contribution in [0.5, 0.6) is 0 Å². The highest BCUT2D eigenvalue weighted by molar-refractivity contribution is 5.22. The third kappa shape index (κ3) is 4.96. The fourth-order valence-electron chi connectivity index (χ4n) is 1.64. The van der Waals surface area contributed by atoms with Crippen molar-refractivity contribution in [1.29, 1.82) is 0 Å². The smallest absolute Gasteiger partial charge is 0.0443 e. The van der Waals surface area contributed by atoms with Crippen LogP contribution in [0.2, 0.25) is 0 Å². The van der Waals surface area contributed by atoms with Crippen LogP contribution in [0, 0.1) is 6.92 Å². The van der Waals surface area contributed by atoms with Gasteiger partial charge in [-0.2, -0.15) is 0 Å². The van der Waals surface area contributed by atoms with Gasteiger partial charge in [0.25, 0.3) is 0 Å². The summed E-state index contributed by atoms with van der Waals surface area (Å²) in [5, 5.41) is 8.71. The first-order valence-electron chi connectivity index (χ1n) is 5.57. The van der Waals surface area contributed by atoms with Gasteiger partial charge in [0.15, 0.2) is 0 Å². The molecule has 0 aliphatic carbocycles. The first-order valence-corrected chi connectivity index (χ1v) is 5.57. The minimum Gasteiger partial charge on any atom is -0.396 e. The van der Waals surface area contributed by atoms with Gasteiger partial charge in [0.1, 0.15) is 0 Å². The van der Waals surface area contributed by atoms with Gasteiger partial charge < -0.3 is 10.0 Å². The molecule has 1 N–H and O–H groups in total. The van der Waals surface area contributed by atoms with Crippen LogP contribution in [0.4, 0.5) is 0 Å². The molecule has 2 heteroatoms. The van der Waals surface area contributed by atoms with E-state index in [1.54, 1.807) is 0 Å². The third-order valence-electron chi connectivity index (χ3n) is 2.56. The molecule has 0 fully saturated rings. The molecule has 0 amide bonds. The van der Waals surface area contributed by atoms with E-state index >= 15 is 0 Å². The molecular weight excluding hydrogens is 186 g/mol. The summed E-state index contributed by atoms with van der Waals surface area (Å²) in [6.07, 6.45) is 1.95. The number of aliphatic hydroxyl groups excluding tert-OH is 1. The predicted octanol–water partition coefficient (Wildman–Crippen LogP) is 1.85. The molecular formula is C13H21NO. The Balaban J connectivity index is 2.30. The zero-order valence-corrected chi connectivity index (χ0v) is 9.74. The van der Waals surface area contributed by atoms with Gasteiger partial charge in [-0.05, 0) is 32.4 Å². The molecule has 0 atom stereocenters. The second-order valence-corrected chi connectivity index (χ2v) is 4.12. The van der Waals surface area contributed by atoms with E-state index in [0.29, 0.717) is 0 Å². The quantitative estimate of drug-likeness (QED) is 0.769. The lowest BCUT2D eigenvalue weighted by molar-refractivity contribution is 0.248. The molecule has 0 heterocycles. The standard InChI is InChI=1S/C13H21NO/c1-12-5-3-6-13(11-12)7-9-14(2)8-4-10-15/h3,5-6,11,15H,4,7-10H2,1-2H3. The Kier molecular flexibility index (Phi) is 5.37. The zero-order valence-electron chi connectivity index (χ0n) is 9.74. The Morgan fingerprint density at radius 1 is 1.27 bits per heavy atom. The molecule has 0 aliphatic rings. The van der Waals surface area contributed by atoms with Crippen molar-refractivity contribution in [3.8, 4) is 0 Å². The monoisotopic (exact) mass is 207 g/mol. The highest BCUT2D eigenvalue weighted by Crippen LogP contribution is 2.05. The van der Waals surface area contributed by atoms with Gasteiger partial charge in [0.05, 0.1) is 0 Å². The Bertz CT molecular complexity index is 286. The van der Waals surface area contributed by atoms with E-state index in [0.717, 1.165) is 25.9 Å². The molecule has 0 saturated heterocycles. The van der Waals surface area contributed by atoms with Crippen LogP contribution in [0.25, 0.3) is 0 Å². The van der Waals surface area contributed by atoms with Gasteiger partial charge in [0.2, 0.25) is 0 Å². The number of rotatable bonds is 6. The summed E-state index contributed by atoms with van der Waals surface area (Å²) in [5.74, 6) is 0. The van der Waals surface area contributed by atoms with Crippen LogP contribution in [-0.2, 0) is 6.42 Å². The number of benzene rings is 1. The maximum atomic E-state index is 8.71. The van der Waals surface area contributed by atoms with Gasteiger partial charge in [-0.15, -0.1) is 0 Å². The molecule has 0 saturated carbocycles. The first kappa shape index (κ1) is 12.2. The molecule has 0 radical (unpaired) electrons. The summed E-state index contributed by atoms with van der Waals surface area (Å²) in [6.45, 7) is 4.44. The predicted molar refractivity (Wildman–Crippen MR) is 64.1 cm³/mol. The van der Waals surface area contributed by atoms with Crippen molar-refractivity contribution in [3.05, 3.63) is 35.4 Å². The van der Waals surface area contributed by atoms with E-state index < -0.39 is 0 Å². The third-order valence-corrected chi connectivity index (χ3v) is 2.56. The molecule has 0 unspecified atom stereocenters. The molecule has 1 aromatic rings. The zero-order chi connectivity index (χ0) is 11.1. The van der Waals surface area contributed by atoms with Crippen molar-refractivity contribution < 1.29 is 5.11 Å². The maximum absolute atomic E-state index is 8.71. The van der Waals surface area contributed by atoms with Crippen LogP contribution in [0.1, 0.15) is 17.5 Å². The van der Waals surface area contributed by atoms with Crippen molar-refractivity contribution in [3.63, 3.8) is 0 Å². The lowest BCUT2D eigenvalue weighted by Crippen LogP contribution is -2.23. The lowest BCUT2D eigenvalue weighted by Gasteiger charge is -2.15. The van der Waals surface area contributed by atoms with Crippen LogP contribution in [0.3, 0.4) is 0 Å². The molecule has 84 valence electrons. The topological polar surface area (TPSA) is 23.5 Å². The van der Waals surface area contributed by atoms with Crippen molar-refractivity contribution in [1.82, 2.24) is 4.90 Å². The fourth-order valence-corrected chi connectivity index (χ4v) is 1.64. The van der Waals surface area contributed by atoms with Crippen molar-refractivity contribution in [2.75, 3.05) is 26.7 Å². The van der Waals surface area contributed by atoms with Gasteiger partial charge in [0, 0.05) is 19.7 Å². The second kappa shape index (κ2) is 6.59. The average Bonchev–Trinajstić information content (AvgIpc) is 2.23. The van der Waals surface area contributed by atoms with Gasteiger partial charge in [-0.3, -0.25) is 0 Å². The highest BCUT2D eigenvalue weighted by atomic mass is 16.3. The number of aliphatic hydroxyl groups is 1. The summed E-state index contributed by atoms with van der Waals surface area (Å²) in [5.41, 5.74) is 2.72. The Hall–Kier alpha value is -0.860. The SMILES string of the molecule is Cc1cccc(CCN(C)CCCO)c1. The van der Waals surface area contributed by atoms with Crippen LogP contribution in [0.15, 0.2) is 24.3 Å². The molecule has 0 aromatic heterocycles. The minimum absolute atomic E-state index is 0.286. The lowest BCUT2D eigenvalue weighted by atomic mass is 10.1. The van der Waals surface area contributed by atoms with Crippen LogP contribution >= 0.6 is 0 Å². The van der Waals surface area contributed by atoms with Crippen LogP contribution < -0.4 is 0 Å². The van der Waals surface area contributed by atoms with Crippen molar-refractivity contribution in [2.24, 2.45) is 0 Å². The number of hydrogen-bond acceptors (Lipinski definition) is 2. The van der Waals surface area contributed by atoms with E-state index in [2.05, 4.69) is 43.1 Å². The van der Waals surface area contributed by atoms with Crippen LogP contribution in [-0.4, -0.2) is 36.8 Å². The van der Waals surface area contributed by atoms with E-state index in [9.17, 15) is 0 Å². The second-order valence-electron chi connectivity index (χ2n) is 4.12. The first-order chi connectivity index (χ1) is 7.22. The van der Waals surface area contributed by atoms with Crippen molar-refractivity contribution >= 4 is 0 Å². The normalized spacial score (nSPS) is 10.9. The molecule has 1 rings (SSSR count). The van der Waals surface area contributed by atoms with E-state index in [1.165, 1.54) is 11.1 Å². The minimum atomic E-state index is 0.286. The van der Waals surface area contributed by atoms with Gasteiger partial charge in [-0.25, -0.2) is 0 Å². The van der Waals surface area contributed by atoms with Crippen molar-refractivity contribution in [2.45, 2.75) is 19.8 Å². The number of aryl methyl sites for hydroxylation is 1. The largest absolute Gasteiger partial charge is 0.396 e. The fraction of sp³-hybridized carbons (Fsp3) is 0.538. The Morgan fingerprint density at radius 3 is 2.73 bits per heavy atom. The molecule has 2 nitrogen and oxygen atoms in total. The summed E-state index contributed by atoms with van der Waals surface area (Å²) < 4.78 is 0. The molecule has 0 aliphatic heterocycles. The molecule has 0 spiro atoms. The maximum Gasteiger partial charge on any atom is 0.0443 e.